The van der Waals surface area contributed by atoms with Crippen LogP contribution in [-0.2, 0) is 28.4 Å². The van der Waals surface area contributed by atoms with Crippen LogP contribution in [0.1, 0.15) is 34.6 Å². The molecule has 0 unspecified atom stereocenters. The first-order valence-electron chi connectivity index (χ1n) is 7.21. The van der Waals surface area contributed by atoms with Crippen LogP contribution >= 0.6 is 0 Å². The van der Waals surface area contributed by atoms with Crippen LogP contribution in [0, 0.1) is 0 Å². The van der Waals surface area contributed by atoms with Gasteiger partial charge in [-0.05, 0) is 34.6 Å². The summed E-state index contributed by atoms with van der Waals surface area (Å²) in [6, 6.07) is 0. The number of fused-ring (bicyclic) bond motifs is 1. The summed E-state index contributed by atoms with van der Waals surface area (Å²) in [5.41, 5.74) is 0. The van der Waals surface area contributed by atoms with Crippen LogP contribution in [0.25, 0.3) is 0 Å². The molecular weight excluding hydrogens is 280 g/mol. The van der Waals surface area contributed by atoms with Crippen molar-refractivity contribution in [3.8, 4) is 0 Å². The zero-order valence-corrected chi connectivity index (χ0v) is 13.0. The molecule has 0 amide bonds. The Labute approximate surface area is 123 Å². The minimum atomic E-state index is -0.816. The highest BCUT2D eigenvalue weighted by Gasteiger charge is 2.56. The number of hydrogen-bond acceptors (Lipinski definition) is 7. The number of carbonyl (C=O) groups excluding carboxylic acids is 1. The van der Waals surface area contributed by atoms with Crippen LogP contribution < -0.4 is 0 Å². The van der Waals surface area contributed by atoms with Gasteiger partial charge in [0, 0.05) is 0 Å². The zero-order chi connectivity index (χ0) is 15.4. The molecule has 3 rings (SSSR count). The second kappa shape index (κ2) is 4.81. The number of carbonyl (C=O) groups is 1. The van der Waals surface area contributed by atoms with Crippen molar-refractivity contribution in [2.45, 2.75) is 76.7 Å². The fourth-order valence-corrected chi connectivity index (χ4v) is 3.02. The zero-order valence-electron chi connectivity index (χ0n) is 13.0. The van der Waals surface area contributed by atoms with Crippen molar-refractivity contribution in [2.75, 3.05) is 6.61 Å². The first kappa shape index (κ1) is 15.0. The highest BCUT2D eigenvalue weighted by Crippen LogP contribution is 2.38. The normalized spacial score (nSPS) is 44.6. The Kier molecular flexibility index (Phi) is 3.44. The molecular formula is C14H22O7. The van der Waals surface area contributed by atoms with Gasteiger partial charge >= 0.3 is 6.16 Å². The SMILES string of the molecule is C[C@@H]1OC(=O)O[C@@H]2[C@H]1OC(C)(C)O[C@@H]2[C@@H]1COC(C)(C)O1. The Morgan fingerprint density at radius 2 is 1.57 bits per heavy atom. The Morgan fingerprint density at radius 1 is 0.905 bits per heavy atom. The second-order valence-electron chi connectivity index (χ2n) is 6.59. The largest absolute Gasteiger partial charge is 0.509 e. The molecule has 7 heteroatoms. The molecule has 5 atom stereocenters. The highest BCUT2D eigenvalue weighted by molar-refractivity contribution is 5.61. The van der Waals surface area contributed by atoms with Crippen molar-refractivity contribution < 1.29 is 33.2 Å². The van der Waals surface area contributed by atoms with E-state index in [4.69, 9.17) is 28.4 Å². The monoisotopic (exact) mass is 302 g/mol. The first-order chi connectivity index (χ1) is 9.67. The molecule has 0 spiro atoms. The van der Waals surface area contributed by atoms with E-state index >= 15 is 0 Å². The molecule has 3 heterocycles. The van der Waals surface area contributed by atoms with Crippen molar-refractivity contribution in [2.24, 2.45) is 0 Å². The van der Waals surface area contributed by atoms with Crippen LogP contribution in [0.4, 0.5) is 4.79 Å². The third-order valence-corrected chi connectivity index (χ3v) is 3.86. The maximum absolute atomic E-state index is 11.5. The van der Waals surface area contributed by atoms with Gasteiger partial charge in [0.2, 0.25) is 0 Å². The molecule has 0 bridgehead atoms. The van der Waals surface area contributed by atoms with E-state index in [1.165, 1.54) is 0 Å². The second-order valence-corrected chi connectivity index (χ2v) is 6.59. The number of hydrogen-bond donors (Lipinski definition) is 0. The molecule has 3 saturated heterocycles. The smallest absolute Gasteiger partial charge is 0.428 e. The Bertz CT molecular complexity index is 433. The van der Waals surface area contributed by atoms with Crippen molar-refractivity contribution in [1.82, 2.24) is 0 Å². The average Bonchev–Trinajstić information content (AvgIpc) is 2.69. The third kappa shape index (κ3) is 2.88. The molecule has 0 aliphatic carbocycles. The van der Waals surface area contributed by atoms with Crippen LogP contribution in [0.15, 0.2) is 0 Å². The summed E-state index contributed by atoms with van der Waals surface area (Å²) in [5, 5.41) is 0. The fraction of sp³-hybridized carbons (Fsp3) is 0.929. The molecule has 0 aromatic heterocycles. The van der Waals surface area contributed by atoms with Crippen LogP contribution in [-0.4, -0.2) is 54.9 Å². The molecule has 0 saturated carbocycles. The maximum Gasteiger partial charge on any atom is 0.509 e. The summed E-state index contributed by atoms with van der Waals surface area (Å²) in [4.78, 5) is 11.5. The van der Waals surface area contributed by atoms with Crippen molar-refractivity contribution in [3.05, 3.63) is 0 Å². The number of rotatable bonds is 1. The van der Waals surface area contributed by atoms with Gasteiger partial charge in [0.1, 0.15) is 24.4 Å². The predicted molar refractivity (Wildman–Crippen MR) is 69.5 cm³/mol. The van der Waals surface area contributed by atoms with Crippen molar-refractivity contribution in [3.63, 3.8) is 0 Å². The van der Waals surface area contributed by atoms with E-state index < -0.39 is 42.1 Å². The summed E-state index contributed by atoms with van der Waals surface area (Å²) in [7, 11) is 0. The molecule has 21 heavy (non-hydrogen) atoms. The Hall–Kier alpha value is -0.890. The fourth-order valence-electron chi connectivity index (χ4n) is 3.02. The standard InChI is InChI=1S/C14H22O7/c1-7-9-11(18-12(15)17-7)10(21-14(4,5)20-9)8-6-16-13(2,3)19-8/h7-11H,6H2,1-5H3/t7-,8-,9-,10+,11+/m0/s1. The first-order valence-corrected chi connectivity index (χ1v) is 7.21. The topological polar surface area (TPSA) is 72.5 Å². The average molecular weight is 302 g/mol. The van der Waals surface area contributed by atoms with Gasteiger partial charge in [-0.25, -0.2) is 4.79 Å². The molecule has 3 aliphatic heterocycles. The van der Waals surface area contributed by atoms with E-state index in [0.29, 0.717) is 6.61 Å². The van der Waals surface area contributed by atoms with E-state index in [1.54, 1.807) is 6.92 Å². The van der Waals surface area contributed by atoms with Gasteiger partial charge in [0.05, 0.1) is 6.61 Å². The summed E-state index contributed by atoms with van der Waals surface area (Å²) < 4.78 is 33.7. The quantitative estimate of drug-likeness (QED) is 0.681. The third-order valence-electron chi connectivity index (χ3n) is 3.86. The summed E-state index contributed by atoms with van der Waals surface area (Å²) in [6.45, 7) is 9.48. The Balaban J connectivity index is 1.84. The molecule has 0 aromatic rings. The van der Waals surface area contributed by atoms with E-state index in [9.17, 15) is 4.79 Å². The van der Waals surface area contributed by atoms with Gasteiger partial charge < -0.3 is 28.4 Å². The summed E-state index contributed by atoms with van der Waals surface area (Å²) in [5.74, 6) is -1.49. The maximum atomic E-state index is 11.5. The lowest BCUT2D eigenvalue weighted by Gasteiger charge is -2.49. The van der Waals surface area contributed by atoms with E-state index in [1.807, 2.05) is 27.7 Å². The number of cyclic esters (lactones) is 1. The lowest BCUT2D eigenvalue weighted by atomic mass is 9.96. The Morgan fingerprint density at radius 3 is 2.19 bits per heavy atom. The molecule has 120 valence electrons. The molecule has 0 radical (unpaired) electrons. The van der Waals surface area contributed by atoms with Gasteiger partial charge in [-0.1, -0.05) is 0 Å². The summed E-state index contributed by atoms with van der Waals surface area (Å²) >= 11 is 0. The van der Waals surface area contributed by atoms with Crippen molar-refractivity contribution in [1.29, 1.82) is 0 Å². The minimum Gasteiger partial charge on any atom is -0.428 e. The van der Waals surface area contributed by atoms with E-state index in [0.717, 1.165) is 0 Å². The molecule has 3 fully saturated rings. The van der Waals surface area contributed by atoms with Crippen LogP contribution in [0.2, 0.25) is 0 Å². The molecule has 7 nitrogen and oxygen atoms in total. The van der Waals surface area contributed by atoms with E-state index in [-0.39, 0.29) is 6.10 Å². The molecule has 0 aromatic carbocycles. The molecule has 3 aliphatic rings. The minimum absolute atomic E-state index is 0.325. The van der Waals surface area contributed by atoms with Crippen LogP contribution in [0.5, 0.6) is 0 Å². The van der Waals surface area contributed by atoms with Gasteiger partial charge in [0.25, 0.3) is 0 Å². The van der Waals surface area contributed by atoms with Crippen LogP contribution in [0.3, 0.4) is 0 Å². The van der Waals surface area contributed by atoms with Gasteiger partial charge in [-0.3, -0.25) is 0 Å². The van der Waals surface area contributed by atoms with E-state index in [2.05, 4.69) is 0 Å². The highest BCUT2D eigenvalue weighted by atomic mass is 16.8. The van der Waals surface area contributed by atoms with Gasteiger partial charge in [-0.2, -0.15) is 0 Å². The lowest BCUT2D eigenvalue weighted by Crippen LogP contribution is -2.65. The summed E-state index contributed by atoms with van der Waals surface area (Å²) in [6.07, 6.45) is -2.87. The lowest BCUT2D eigenvalue weighted by molar-refractivity contribution is -0.367. The van der Waals surface area contributed by atoms with Gasteiger partial charge in [0.15, 0.2) is 17.7 Å². The van der Waals surface area contributed by atoms with Gasteiger partial charge in [-0.15, -0.1) is 0 Å². The number of ether oxygens (including phenoxy) is 6. The van der Waals surface area contributed by atoms with Crippen molar-refractivity contribution >= 4 is 6.16 Å². The molecule has 0 N–H and O–H groups in total. The predicted octanol–water partition coefficient (Wildman–Crippen LogP) is 1.58.